The maximum absolute atomic E-state index is 12.3. The molecular weight excluding hydrogens is 216 g/mol. The molecule has 2 N–H and O–H groups in total. The Labute approximate surface area is 103 Å². The molecule has 0 aromatic carbocycles. The van der Waals surface area contributed by atoms with E-state index in [4.69, 9.17) is 5.73 Å². The van der Waals surface area contributed by atoms with E-state index in [0.29, 0.717) is 23.6 Å². The van der Waals surface area contributed by atoms with Crippen LogP contribution in [0.25, 0.3) is 0 Å². The number of anilines is 1. The van der Waals surface area contributed by atoms with Crippen molar-refractivity contribution in [3.8, 4) is 0 Å². The third kappa shape index (κ3) is 2.43. The van der Waals surface area contributed by atoms with Crippen LogP contribution in [0, 0.1) is 6.92 Å². The van der Waals surface area contributed by atoms with Crippen molar-refractivity contribution in [2.45, 2.75) is 46.7 Å². The smallest absolute Gasteiger partial charge is 0.274 e. The van der Waals surface area contributed by atoms with Gasteiger partial charge in [0.15, 0.2) is 0 Å². The van der Waals surface area contributed by atoms with Crippen LogP contribution in [-0.4, -0.2) is 33.7 Å². The number of hydrogen-bond acceptors (Lipinski definition) is 3. The van der Waals surface area contributed by atoms with E-state index >= 15 is 0 Å². The van der Waals surface area contributed by atoms with Crippen molar-refractivity contribution >= 4 is 11.6 Å². The number of rotatable bonds is 4. The van der Waals surface area contributed by atoms with E-state index in [0.717, 1.165) is 6.42 Å². The van der Waals surface area contributed by atoms with Gasteiger partial charge in [-0.3, -0.25) is 9.48 Å². The van der Waals surface area contributed by atoms with Gasteiger partial charge in [-0.1, -0.05) is 6.92 Å². The molecule has 1 rings (SSSR count). The minimum Gasteiger partial charge on any atom is -0.395 e. The van der Waals surface area contributed by atoms with Crippen LogP contribution in [-0.2, 0) is 6.54 Å². The Morgan fingerprint density at radius 2 is 2.12 bits per heavy atom. The molecule has 17 heavy (non-hydrogen) atoms. The molecule has 96 valence electrons. The second-order valence-electron chi connectivity index (χ2n) is 4.34. The summed E-state index contributed by atoms with van der Waals surface area (Å²) in [4.78, 5) is 14.1. The number of aromatic nitrogens is 2. The number of hydrogen-bond donors (Lipinski definition) is 1. The monoisotopic (exact) mass is 238 g/mol. The van der Waals surface area contributed by atoms with Crippen LogP contribution in [0.1, 0.15) is 43.4 Å². The van der Waals surface area contributed by atoms with Crippen LogP contribution in [0.15, 0.2) is 0 Å². The number of amides is 1. The Morgan fingerprint density at radius 1 is 1.53 bits per heavy atom. The van der Waals surface area contributed by atoms with Gasteiger partial charge in [0, 0.05) is 19.6 Å². The van der Waals surface area contributed by atoms with Crippen LogP contribution < -0.4 is 5.73 Å². The predicted octanol–water partition coefficient (Wildman–Crippen LogP) is 1.66. The van der Waals surface area contributed by atoms with Crippen LogP contribution in [0.2, 0.25) is 0 Å². The molecule has 5 heteroatoms. The first-order valence-corrected chi connectivity index (χ1v) is 6.04. The van der Waals surface area contributed by atoms with Crippen LogP contribution in [0.3, 0.4) is 0 Å². The summed E-state index contributed by atoms with van der Waals surface area (Å²) < 4.78 is 1.67. The highest BCUT2D eigenvalue weighted by Gasteiger charge is 2.24. The standard InChI is InChI=1S/C12H22N4O/c1-6-8(3)15(5)12(17)11-10(13)9(4)14-16(11)7-2/h8H,6-7,13H2,1-5H3. The van der Waals surface area contributed by atoms with Gasteiger partial charge in [-0.2, -0.15) is 5.10 Å². The maximum Gasteiger partial charge on any atom is 0.274 e. The van der Waals surface area contributed by atoms with E-state index in [1.165, 1.54) is 0 Å². The fourth-order valence-electron chi connectivity index (χ4n) is 1.69. The summed E-state index contributed by atoms with van der Waals surface area (Å²) in [6, 6.07) is 0.197. The topological polar surface area (TPSA) is 64.2 Å². The SMILES string of the molecule is CCC(C)N(C)C(=O)c1c(N)c(C)nn1CC. The largest absolute Gasteiger partial charge is 0.395 e. The molecule has 0 bridgehead atoms. The quantitative estimate of drug-likeness (QED) is 0.867. The second-order valence-corrected chi connectivity index (χ2v) is 4.34. The summed E-state index contributed by atoms with van der Waals surface area (Å²) in [7, 11) is 1.80. The van der Waals surface area contributed by atoms with E-state index in [1.807, 2.05) is 20.8 Å². The van der Waals surface area contributed by atoms with Gasteiger partial charge in [-0.05, 0) is 27.2 Å². The number of nitrogens with two attached hydrogens (primary N) is 1. The molecule has 1 heterocycles. The number of carbonyl (C=O) groups excluding carboxylic acids is 1. The summed E-state index contributed by atoms with van der Waals surface area (Å²) in [5, 5.41) is 4.26. The molecule has 0 saturated heterocycles. The minimum atomic E-state index is -0.0562. The number of aryl methyl sites for hydroxylation is 2. The third-order valence-electron chi connectivity index (χ3n) is 3.25. The molecular formula is C12H22N4O. The average Bonchev–Trinajstić information content (AvgIpc) is 2.62. The third-order valence-corrected chi connectivity index (χ3v) is 3.25. The van der Waals surface area contributed by atoms with Gasteiger partial charge in [0.25, 0.3) is 5.91 Å². The first kappa shape index (κ1) is 13.5. The lowest BCUT2D eigenvalue weighted by Crippen LogP contribution is -2.36. The van der Waals surface area contributed by atoms with Crippen molar-refractivity contribution in [1.29, 1.82) is 0 Å². The van der Waals surface area contributed by atoms with E-state index in [2.05, 4.69) is 12.0 Å². The van der Waals surface area contributed by atoms with E-state index < -0.39 is 0 Å². The van der Waals surface area contributed by atoms with Crippen LogP contribution >= 0.6 is 0 Å². The first-order valence-electron chi connectivity index (χ1n) is 6.04. The van der Waals surface area contributed by atoms with E-state index in [1.54, 1.807) is 16.6 Å². The molecule has 0 spiro atoms. The van der Waals surface area contributed by atoms with Gasteiger partial charge in [-0.15, -0.1) is 0 Å². The molecule has 0 radical (unpaired) electrons. The Morgan fingerprint density at radius 3 is 2.59 bits per heavy atom. The Hall–Kier alpha value is -1.52. The molecule has 0 fully saturated rings. The molecule has 1 aromatic heterocycles. The molecule has 0 aliphatic heterocycles. The van der Waals surface area contributed by atoms with Gasteiger partial charge in [0.2, 0.25) is 0 Å². The summed E-state index contributed by atoms with van der Waals surface area (Å²) in [5.74, 6) is -0.0562. The summed E-state index contributed by atoms with van der Waals surface area (Å²) in [6.45, 7) is 8.49. The van der Waals surface area contributed by atoms with E-state index in [9.17, 15) is 4.79 Å². The maximum atomic E-state index is 12.3. The molecule has 0 aliphatic rings. The highest BCUT2D eigenvalue weighted by molar-refractivity contribution is 5.98. The van der Waals surface area contributed by atoms with Gasteiger partial charge in [0.05, 0.1) is 11.4 Å². The van der Waals surface area contributed by atoms with Crippen molar-refractivity contribution in [2.24, 2.45) is 0 Å². The number of nitrogens with zero attached hydrogens (tertiary/aromatic N) is 3. The summed E-state index contributed by atoms with van der Waals surface area (Å²) in [6.07, 6.45) is 0.918. The molecule has 1 aromatic rings. The summed E-state index contributed by atoms with van der Waals surface area (Å²) in [5.41, 5.74) is 7.64. The zero-order valence-corrected chi connectivity index (χ0v) is 11.3. The van der Waals surface area contributed by atoms with Gasteiger partial charge in [0.1, 0.15) is 5.69 Å². The lowest BCUT2D eigenvalue weighted by molar-refractivity contribution is 0.0729. The first-order chi connectivity index (χ1) is 7.93. The molecule has 1 amide bonds. The van der Waals surface area contributed by atoms with Gasteiger partial charge < -0.3 is 10.6 Å². The van der Waals surface area contributed by atoms with Crippen molar-refractivity contribution in [3.63, 3.8) is 0 Å². The van der Waals surface area contributed by atoms with Crippen molar-refractivity contribution < 1.29 is 4.79 Å². The van der Waals surface area contributed by atoms with E-state index in [-0.39, 0.29) is 11.9 Å². The van der Waals surface area contributed by atoms with Crippen molar-refractivity contribution in [1.82, 2.24) is 14.7 Å². The molecule has 0 saturated carbocycles. The van der Waals surface area contributed by atoms with Gasteiger partial charge >= 0.3 is 0 Å². The Bertz CT molecular complexity index is 411. The Balaban J connectivity index is 3.11. The zero-order chi connectivity index (χ0) is 13.2. The minimum absolute atomic E-state index is 0.0562. The van der Waals surface area contributed by atoms with Gasteiger partial charge in [-0.25, -0.2) is 0 Å². The number of carbonyl (C=O) groups is 1. The second kappa shape index (κ2) is 5.21. The summed E-state index contributed by atoms with van der Waals surface area (Å²) >= 11 is 0. The van der Waals surface area contributed by atoms with Crippen molar-refractivity contribution in [2.75, 3.05) is 12.8 Å². The predicted molar refractivity (Wildman–Crippen MR) is 68.9 cm³/mol. The molecule has 5 nitrogen and oxygen atoms in total. The molecule has 1 atom stereocenters. The lowest BCUT2D eigenvalue weighted by atomic mass is 10.2. The van der Waals surface area contributed by atoms with Crippen molar-refractivity contribution in [3.05, 3.63) is 11.4 Å². The molecule has 0 aliphatic carbocycles. The van der Waals surface area contributed by atoms with Crippen LogP contribution in [0.4, 0.5) is 5.69 Å². The van der Waals surface area contributed by atoms with Crippen LogP contribution in [0.5, 0.6) is 0 Å². The zero-order valence-electron chi connectivity index (χ0n) is 11.3. The highest BCUT2D eigenvalue weighted by Crippen LogP contribution is 2.19. The fourth-order valence-corrected chi connectivity index (χ4v) is 1.69. The Kier molecular flexibility index (Phi) is 4.15. The average molecular weight is 238 g/mol. The normalized spacial score (nSPS) is 12.5. The molecule has 1 unspecified atom stereocenters. The number of nitrogen functional groups attached to an aromatic ring is 1. The fraction of sp³-hybridized carbons (Fsp3) is 0.667. The highest BCUT2D eigenvalue weighted by atomic mass is 16.2. The lowest BCUT2D eigenvalue weighted by Gasteiger charge is -2.24.